The highest BCUT2D eigenvalue weighted by atomic mass is 14.6. The van der Waals surface area contributed by atoms with Gasteiger partial charge >= 0.3 is 0 Å². The van der Waals surface area contributed by atoms with Crippen LogP contribution in [0.25, 0.3) is 0 Å². The van der Waals surface area contributed by atoms with E-state index in [2.05, 4.69) is 45.9 Å². The molecule has 2 unspecified atom stereocenters. The lowest BCUT2D eigenvalue weighted by atomic mass is 9.88. The maximum absolute atomic E-state index is 6.07. The van der Waals surface area contributed by atoms with E-state index in [0.29, 0.717) is 5.92 Å². The van der Waals surface area contributed by atoms with Gasteiger partial charge in [-0.15, -0.1) is 0 Å². The summed E-state index contributed by atoms with van der Waals surface area (Å²) in [7, 11) is 0. The van der Waals surface area contributed by atoms with Crippen molar-refractivity contribution in [3.05, 3.63) is 34.9 Å². The lowest BCUT2D eigenvalue weighted by Gasteiger charge is -2.21. The zero-order valence-electron chi connectivity index (χ0n) is 9.67. The second-order valence-electron chi connectivity index (χ2n) is 4.22. The summed E-state index contributed by atoms with van der Waals surface area (Å²) in [6, 6.07) is 6.87. The summed E-state index contributed by atoms with van der Waals surface area (Å²) < 4.78 is 0. The molecule has 1 nitrogen and oxygen atoms in total. The molecule has 0 aliphatic rings. The molecule has 0 aliphatic carbocycles. The van der Waals surface area contributed by atoms with Crippen LogP contribution in [0.15, 0.2) is 18.2 Å². The summed E-state index contributed by atoms with van der Waals surface area (Å²) in [6.07, 6.45) is 1.04. The maximum atomic E-state index is 6.07. The van der Waals surface area contributed by atoms with Gasteiger partial charge in [0.1, 0.15) is 0 Å². The second kappa shape index (κ2) is 4.61. The van der Waals surface area contributed by atoms with Crippen molar-refractivity contribution in [2.75, 3.05) is 0 Å². The monoisotopic (exact) mass is 191 g/mol. The fraction of sp³-hybridized carbons (Fsp3) is 0.538. The molecule has 78 valence electrons. The fourth-order valence-electron chi connectivity index (χ4n) is 1.83. The van der Waals surface area contributed by atoms with Gasteiger partial charge in [-0.3, -0.25) is 0 Å². The van der Waals surface area contributed by atoms with Crippen LogP contribution in [0.2, 0.25) is 0 Å². The van der Waals surface area contributed by atoms with E-state index in [1.807, 2.05) is 0 Å². The van der Waals surface area contributed by atoms with Crippen molar-refractivity contribution in [2.45, 2.75) is 46.1 Å². The van der Waals surface area contributed by atoms with Crippen LogP contribution in [0, 0.1) is 13.8 Å². The summed E-state index contributed by atoms with van der Waals surface area (Å²) in [4.78, 5) is 0. The Morgan fingerprint density at radius 1 is 1.29 bits per heavy atom. The molecule has 0 spiro atoms. The molecule has 1 rings (SSSR count). The average Bonchev–Trinajstić information content (AvgIpc) is 2.19. The topological polar surface area (TPSA) is 26.0 Å². The van der Waals surface area contributed by atoms with Crippen LogP contribution >= 0.6 is 0 Å². The van der Waals surface area contributed by atoms with Crippen LogP contribution in [0.5, 0.6) is 0 Å². The minimum atomic E-state index is 0.274. The van der Waals surface area contributed by atoms with Gasteiger partial charge in [-0.25, -0.2) is 0 Å². The molecule has 1 aromatic rings. The Hall–Kier alpha value is -0.820. The highest BCUT2D eigenvalue weighted by Crippen LogP contribution is 2.24. The molecule has 0 heterocycles. The van der Waals surface area contributed by atoms with Gasteiger partial charge in [-0.1, -0.05) is 37.6 Å². The van der Waals surface area contributed by atoms with E-state index in [1.54, 1.807) is 0 Å². The first-order valence-corrected chi connectivity index (χ1v) is 5.39. The second-order valence-corrected chi connectivity index (χ2v) is 4.22. The van der Waals surface area contributed by atoms with Gasteiger partial charge in [0, 0.05) is 6.04 Å². The zero-order valence-corrected chi connectivity index (χ0v) is 9.67. The first kappa shape index (κ1) is 11.3. The molecule has 0 saturated carbocycles. The average molecular weight is 191 g/mol. The summed E-state index contributed by atoms with van der Waals surface area (Å²) in [6.45, 7) is 8.66. The predicted molar refractivity (Wildman–Crippen MR) is 62.6 cm³/mol. The van der Waals surface area contributed by atoms with Crippen molar-refractivity contribution in [1.82, 2.24) is 0 Å². The minimum Gasteiger partial charge on any atom is -0.327 e. The number of aryl methyl sites for hydroxylation is 2. The van der Waals surface area contributed by atoms with Gasteiger partial charge in [-0.05, 0) is 37.3 Å². The van der Waals surface area contributed by atoms with Crippen molar-refractivity contribution < 1.29 is 0 Å². The van der Waals surface area contributed by atoms with Crippen LogP contribution in [0.4, 0.5) is 0 Å². The Morgan fingerprint density at radius 3 is 2.50 bits per heavy atom. The molecule has 0 aromatic heterocycles. The minimum absolute atomic E-state index is 0.274. The van der Waals surface area contributed by atoms with Gasteiger partial charge in [0.2, 0.25) is 0 Å². The third-order valence-electron chi connectivity index (χ3n) is 3.04. The molecular formula is C13H21N. The van der Waals surface area contributed by atoms with Gasteiger partial charge in [0.15, 0.2) is 0 Å². The molecule has 14 heavy (non-hydrogen) atoms. The van der Waals surface area contributed by atoms with Crippen molar-refractivity contribution >= 4 is 0 Å². The third-order valence-corrected chi connectivity index (χ3v) is 3.04. The van der Waals surface area contributed by atoms with Crippen molar-refractivity contribution in [3.63, 3.8) is 0 Å². The maximum Gasteiger partial charge on any atom is 0.0103 e. The highest BCUT2D eigenvalue weighted by Gasteiger charge is 2.14. The molecule has 2 N–H and O–H groups in total. The van der Waals surface area contributed by atoms with E-state index in [4.69, 9.17) is 5.73 Å². The number of benzene rings is 1. The molecular weight excluding hydrogens is 170 g/mol. The van der Waals surface area contributed by atoms with E-state index in [9.17, 15) is 0 Å². The van der Waals surface area contributed by atoms with E-state index < -0.39 is 0 Å². The molecule has 0 aliphatic heterocycles. The Morgan fingerprint density at radius 2 is 1.93 bits per heavy atom. The van der Waals surface area contributed by atoms with E-state index in [0.717, 1.165) is 6.42 Å². The van der Waals surface area contributed by atoms with Crippen LogP contribution < -0.4 is 5.73 Å². The van der Waals surface area contributed by atoms with Crippen LogP contribution in [0.1, 0.15) is 42.9 Å². The summed E-state index contributed by atoms with van der Waals surface area (Å²) in [5.41, 5.74) is 10.1. The van der Waals surface area contributed by atoms with Gasteiger partial charge < -0.3 is 5.73 Å². The van der Waals surface area contributed by atoms with Crippen LogP contribution in [-0.4, -0.2) is 6.04 Å². The van der Waals surface area contributed by atoms with Crippen molar-refractivity contribution in [3.8, 4) is 0 Å². The summed E-state index contributed by atoms with van der Waals surface area (Å²) in [5, 5.41) is 0. The smallest absolute Gasteiger partial charge is 0.0103 e. The van der Waals surface area contributed by atoms with Gasteiger partial charge in [0.25, 0.3) is 0 Å². The third kappa shape index (κ3) is 2.36. The lowest BCUT2D eigenvalue weighted by molar-refractivity contribution is 0.549. The van der Waals surface area contributed by atoms with Gasteiger partial charge in [0.05, 0.1) is 0 Å². The Balaban J connectivity index is 2.99. The quantitative estimate of drug-likeness (QED) is 0.780. The molecule has 0 bridgehead atoms. The largest absolute Gasteiger partial charge is 0.327 e. The molecule has 0 saturated heterocycles. The molecule has 1 heteroatoms. The molecule has 2 atom stereocenters. The SMILES string of the molecule is CCC(N)C(C)c1cc(C)ccc1C. The zero-order chi connectivity index (χ0) is 10.7. The lowest BCUT2D eigenvalue weighted by Crippen LogP contribution is -2.26. The molecule has 0 amide bonds. The van der Waals surface area contributed by atoms with Crippen molar-refractivity contribution in [1.29, 1.82) is 0 Å². The number of nitrogens with two attached hydrogens (primary N) is 1. The predicted octanol–water partition coefficient (Wildman–Crippen LogP) is 3.14. The first-order valence-electron chi connectivity index (χ1n) is 5.39. The fourth-order valence-corrected chi connectivity index (χ4v) is 1.83. The molecule has 0 radical (unpaired) electrons. The van der Waals surface area contributed by atoms with E-state index in [1.165, 1.54) is 16.7 Å². The number of hydrogen-bond acceptors (Lipinski definition) is 1. The number of rotatable bonds is 3. The van der Waals surface area contributed by atoms with E-state index >= 15 is 0 Å². The highest BCUT2D eigenvalue weighted by molar-refractivity contribution is 5.33. The summed E-state index contributed by atoms with van der Waals surface area (Å²) >= 11 is 0. The standard InChI is InChI=1S/C13H21N/c1-5-13(14)11(4)12-8-9(2)6-7-10(12)3/h6-8,11,13H,5,14H2,1-4H3. The molecule has 1 aromatic carbocycles. The Kier molecular flexibility index (Phi) is 3.70. The van der Waals surface area contributed by atoms with Crippen molar-refractivity contribution in [2.24, 2.45) is 5.73 Å². The first-order chi connectivity index (χ1) is 6.56. The van der Waals surface area contributed by atoms with E-state index in [-0.39, 0.29) is 6.04 Å². The Labute approximate surface area is 87.3 Å². The van der Waals surface area contributed by atoms with Crippen LogP contribution in [0.3, 0.4) is 0 Å². The normalized spacial score (nSPS) is 15.2. The Bertz CT molecular complexity index is 304. The van der Waals surface area contributed by atoms with Gasteiger partial charge in [-0.2, -0.15) is 0 Å². The number of hydrogen-bond donors (Lipinski definition) is 1. The van der Waals surface area contributed by atoms with Crippen LogP contribution in [-0.2, 0) is 0 Å². The molecule has 0 fully saturated rings. The summed E-state index contributed by atoms with van der Waals surface area (Å²) in [5.74, 6) is 0.458.